The van der Waals surface area contributed by atoms with Crippen molar-refractivity contribution in [1.29, 1.82) is 0 Å². The number of aliphatic imine (C=N–C) groups is 2. The highest BCUT2D eigenvalue weighted by Gasteiger charge is 2.33. The van der Waals surface area contributed by atoms with Crippen molar-refractivity contribution in [2.45, 2.75) is 40.0 Å². The first-order valence-electron chi connectivity index (χ1n) is 9.46. The molecule has 156 valence electrons. The maximum atomic E-state index is 12.7. The number of amidine groups is 1. The summed E-state index contributed by atoms with van der Waals surface area (Å²) in [6.45, 7) is 6.34. The molecule has 0 saturated heterocycles. The second-order valence-corrected chi connectivity index (χ2v) is 8.38. The van der Waals surface area contributed by atoms with Gasteiger partial charge in [0.25, 0.3) is 0 Å². The number of allylic oxidation sites excluding steroid dienone is 4. The summed E-state index contributed by atoms with van der Waals surface area (Å²) in [4.78, 5) is 9.02. The Hall–Kier alpha value is -3.16. The van der Waals surface area contributed by atoms with Gasteiger partial charge in [-0.3, -0.25) is 0 Å². The van der Waals surface area contributed by atoms with Crippen LogP contribution in [0.25, 0.3) is 5.57 Å². The highest BCUT2D eigenvalue weighted by atomic mass is 19.4. The van der Waals surface area contributed by atoms with Gasteiger partial charge in [-0.15, -0.1) is 13.2 Å². The van der Waals surface area contributed by atoms with Crippen molar-refractivity contribution < 1.29 is 22.4 Å². The number of fused-ring (bicyclic) bond motifs is 1. The molecule has 1 aliphatic heterocycles. The highest BCUT2D eigenvalue weighted by molar-refractivity contribution is 6.20. The molecule has 1 aromatic carbocycles. The van der Waals surface area contributed by atoms with Gasteiger partial charge >= 0.3 is 6.36 Å². The zero-order chi connectivity index (χ0) is 21.5. The minimum atomic E-state index is -4.76. The van der Waals surface area contributed by atoms with Gasteiger partial charge in [-0.2, -0.15) is 0 Å². The third-order valence-corrected chi connectivity index (χ3v) is 4.51. The number of rotatable bonds is 4. The Balaban J connectivity index is 1.55. The lowest BCUT2D eigenvalue weighted by atomic mass is 9.90. The standard InChI is InChI=1S/C22H20F3N3O2/c1-21(2,3)12-14-11-19(30-28-14)20-26-16-9-8-13(10-17(16)27-20)15-6-4-5-7-18(15)29-22(23,24)25/h4-9,11H,10,12H2,1-3H3. The van der Waals surface area contributed by atoms with Gasteiger partial charge in [0.05, 0.1) is 17.1 Å². The van der Waals surface area contributed by atoms with E-state index < -0.39 is 6.36 Å². The molecule has 0 saturated carbocycles. The van der Waals surface area contributed by atoms with Crippen LogP contribution in [0.5, 0.6) is 5.75 Å². The van der Waals surface area contributed by atoms with Crippen molar-refractivity contribution in [2.75, 3.05) is 0 Å². The van der Waals surface area contributed by atoms with Crippen LogP contribution in [0.1, 0.15) is 44.2 Å². The molecule has 2 aliphatic rings. The number of benzene rings is 1. The molecular weight excluding hydrogens is 395 g/mol. The summed E-state index contributed by atoms with van der Waals surface area (Å²) in [6, 6.07) is 7.89. The van der Waals surface area contributed by atoms with Crippen molar-refractivity contribution in [3.63, 3.8) is 0 Å². The molecule has 4 rings (SSSR count). The molecule has 8 heteroatoms. The van der Waals surface area contributed by atoms with E-state index in [1.54, 1.807) is 24.3 Å². The number of halogens is 3. The SMILES string of the molecule is CC(C)(C)Cc1cc(C2=NC3=CC=C(c4ccccc4OC(F)(F)F)CC3=N2)on1. The van der Waals surface area contributed by atoms with Gasteiger partial charge in [0.15, 0.2) is 5.84 Å². The first kappa shape index (κ1) is 20.1. The van der Waals surface area contributed by atoms with E-state index >= 15 is 0 Å². The van der Waals surface area contributed by atoms with Crippen LogP contribution in [-0.4, -0.2) is 23.1 Å². The number of aromatic nitrogens is 1. The molecule has 1 aromatic heterocycles. The Kier molecular flexibility index (Phi) is 4.88. The largest absolute Gasteiger partial charge is 0.573 e. The molecule has 30 heavy (non-hydrogen) atoms. The van der Waals surface area contributed by atoms with E-state index in [9.17, 15) is 13.2 Å². The van der Waals surface area contributed by atoms with E-state index in [4.69, 9.17) is 4.52 Å². The number of alkyl halides is 3. The van der Waals surface area contributed by atoms with Gasteiger partial charge in [-0.05, 0) is 29.6 Å². The maximum absolute atomic E-state index is 12.7. The van der Waals surface area contributed by atoms with Crippen LogP contribution in [0.4, 0.5) is 13.2 Å². The molecule has 0 N–H and O–H groups in total. The Labute approximate surface area is 171 Å². The summed E-state index contributed by atoms with van der Waals surface area (Å²) in [6.07, 6.45) is -0.193. The molecule has 0 radical (unpaired) electrons. The fraction of sp³-hybridized carbons (Fsp3) is 0.318. The molecule has 0 atom stereocenters. The number of hydrogen-bond acceptors (Lipinski definition) is 5. The number of nitrogens with zero attached hydrogens (tertiary/aromatic N) is 3. The van der Waals surface area contributed by atoms with Crippen LogP contribution in [0.3, 0.4) is 0 Å². The first-order chi connectivity index (χ1) is 14.1. The predicted octanol–water partition coefficient (Wildman–Crippen LogP) is 5.73. The van der Waals surface area contributed by atoms with E-state index in [0.717, 1.165) is 12.1 Å². The zero-order valence-electron chi connectivity index (χ0n) is 16.7. The third-order valence-electron chi connectivity index (χ3n) is 4.51. The number of ether oxygens (including phenoxy) is 1. The molecule has 1 aliphatic carbocycles. The van der Waals surface area contributed by atoms with Crippen molar-refractivity contribution in [3.05, 3.63) is 65.2 Å². The van der Waals surface area contributed by atoms with Crippen LogP contribution in [0.15, 0.2) is 62.7 Å². The molecule has 0 bridgehead atoms. The van der Waals surface area contributed by atoms with E-state index in [0.29, 0.717) is 40.6 Å². The molecule has 0 spiro atoms. The Morgan fingerprint density at radius 1 is 1.07 bits per heavy atom. The van der Waals surface area contributed by atoms with E-state index in [1.165, 1.54) is 12.1 Å². The normalized spacial score (nSPS) is 16.5. The fourth-order valence-electron chi connectivity index (χ4n) is 3.36. The monoisotopic (exact) mass is 415 g/mol. The molecule has 0 unspecified atom stereocenters. The lowest BCUT2D eigenvalue weighted by Gasteiger charge is -2.17. The van der Waals surface area contributed by atoms with Crippen LogP contribution in [0.2, 0.25) is 0 Å². The van der Waals surface area contributed by atoms with E-state index in [2.05, 4.69) is 40.6 Å². The number of hydrogen-bond donors (Lipinski definition) is 0. The smallest absolute Gasteiger partial charge is 0.405 e. The van der Waals surface area contributed by atoms with Gasteiger partial charge in [0.2, 0.25) is 5.76 Å². The molecular formula is C22H20F3N3O2. The zero-order valence-corrected chi connectivity index (χ0v) is 16.7. The van der Waals surface area contributed by atoms with Gasteiger partial charge in [0.1, 0.15) is 5.75 Å². The van der Waals surface area contributed by atoms with Crippen molar-refractivity contribution in [2.24, 2.45) is 15.4 Å². The summed E-state index contributed by atoms with van der Waals surface area (Å²) < 4.78 is 47.8. The Morgan fingerprint density at radius 3 is 2.57 bits per heavy atom. The van der Waals surface area contributed by atoms with Crippen molar-refractivity contribution >= 4 is 17.1 Å². The highest BCUT2D eigenvalue weighted by Crippen LogP contribution is 2.36. The maximum Gasteiger partial charge on any atom is 0.573 e. The lowest BCUT2D eigenvalue weighted by molar-refractivity contribution is -0.274. The summed E-state index contributed by atoms with van der Waals surface area (Å²) in [5, 5.41) is 4.09. The van der Waals surface area contributed by atoms with Crippen molar-refractivity contribution in [3.8, 4) is 5.75 Å². The summed E-state index contributed by atoms with van der Waals surface area (Å²) >= 11 is 0. The molecule has 0 amide bonds. The summed E-state index contributed by atoms with van der Waals surface area (Å²) in [5.74, 6) is 0.646. The molecule has 5 nitrogen and oxygen atoms in total. The minimum Gasteiger partial charge on any atom is -0.405 e. The van der Waals surface area contributed by atoms with Crippen LogP contribution in [-0.2, 0) is 6.42 Å². The van der Waals surface area contributed by atoms with Crippen LogP contribution in [0, 0.1) is 5.41 Å². The molecule has 2 aromatic rings. The van der Waals surface area contributed by atoms with Crippen LogP contribution < -0.4 is 4.74 Å². The van der Waals surface area contributed by atoms with Gasteiger partial charge < -0.3 is 9.26 Å². The first-order valence-corrected chi connectivity index (χ1v) is 9.46. The Bertz CT molecular complexity index is 1100. The van der Waals surface area contributed by atoms with E-state index in [1.807, 2.05) is 6.07 Å². The topological polar surface area (TPSA) is 60.0 Å². The second kappa shape index (κ2) is 7.27. The second-order valence-electron chi connectivity index (χ2n) is 8.38. The van der Waals surface area contributed by atoms with E-state index in [-0.39, 0.29) is 11.2 Å². The lowest BCUT2D eigenvalue weighted by Crippen LogP contribution is -2.18. The van der Waals surface area contributed by atoms with Crippen LogP contribution >= 0.6 is 0 Å². The Morgan fingerprint density at radius 2 is 1.83 bits per heavy atom. The number of para-hydroxylation sites is 1. The summed E-state index contributed by atoms with van der Waals surface area (Å²) in [7, 11) is 0. The predicted molar refractivity (Wildman–Crippen MR) is 107 cm³/mol. The van der Waals surface area contributed by atoms with Gasteiger partial charge in [-0.1, -0.05) is 50.2 Å². The molecule has 0 fully saturated rings. The van der Waals surface area contributed by atoms with Crippen molar-refractivity contribution in [1.82, 2.24) is 5.16 Å². The average Bonchev–Trinajstić information content (AvgIpc) is 3.25. The molecule has 2 heterocycles. The van der Waals surface area contributed by atoms with Gasteiger partial charge in [-0.25, -0.2) is 9.98 Å². The summed E-state index contributed by atoms with van der Waals surface area (Å²) in [5.41, 5.74) is 3.25. The van der Waals surface area contributed by atoms with Gasteiger partial charge in [0, 0.05) is 18.1 Å². The minimum absolute atomic E-state index is 0.0682. The quantitative estimate of drug-likeness (QED) is 0.640. The third kappa shape index (κ3) is 4.53. The average molecular weight is 415 g/mol. The fourth-order valence-corrected chi connectivity index (χ4v) is 3.36.